The number of halogens is 2. The van der Waals surface area contributed by atoms with Crippen molar-refractivity contribution in [2.75, 3.05) is 0 Å². The van der Waals surface area contributed by atoms with Gasteiger partial charge in [0.1, 0.15) is 0 Å². The average Bonchev–Trinajstić information content (AvgIpc) is 2.42. The highest BCUT2D eigenvalue weighted by Gasteiger charge is 2.30. The Morgan fingerprint density at radius 3 is 2.16 bits per heavy atom. The van der Waals surface area contributed by atoms with Crippen LogP contribution in [0.15, 0.2) is 48.5 Å². The van der Waals surface area contributed by atoms with E-state index in [1.807, 2.05) is 30.3 Å². The van der Waals surface area contributed by atoms with Gasteiger partial charge in [-0.2, -0.15) is 0 Å². The third-order valence-electron chi connectivity index (χ3n) is 3.24. The Balaban J connectivity index is 2.40. The maximum absolute atomic E-state index is 13.2. The topological polar surface area (TPSA) is 17.1 Å². The predicted octanol–water partition coefficient (Wildman–Crippen LogP) is 4.13. The molecule has 2 aromatic carbocycles. The number of rotatable bonds is 3. The number of benzene rings is 2. The number of Topliss-reactive ketones (excluding diaryl/α,β-unsaturated/α-hetero) is 1. The van der Waals surface area contributed by atoms with Crippen LogP contribution in [0.4, 0.5) is 8.78 Å². The SMILES string of the molecule is CC(C)(C(=O)c1ccc(F)c(F)c1)c1ccccc1. The van der Waals surface area contributed by atoms with Crippen LogP contribution in [0.5, 0.6) is 0 Å². The molecule has 0 radical (unpaired) electrons. The van der Waals surface area contributed by atoms with Crippen molar-refractivity contribution < 1.29 is 13.6 Å². The fourth-order valence-corrected chi connectivity index (χ4v) is 1.98. The molecule has 2 aromatic rings. The molecule has 0 aromatic heterocycles. The van der Waals surface area contributed by atoms with Crippen molar-refractivity contribution in [3.8, 4) is 0 Å². The van der Waals surface area contributed by atoms with Crippen LogP contribution >= 0.6 is 0 Å². The van der Waals surface area contributed by atoms with Crippen molar-refractivity contribution in [2.45, 2.75) is 19.3 Å². The van der Waals surface area contributed by atoms with Crippen molar-refractivity contribution in [3.63, 3.8) is 0 Å². The van der Waals surface area contributed by atoms with Crippen molar-refractivity contribution in [2.24, 2.45) is 0 Å². The summed E-state index contributed by atoms with van der Waals surface area (Å²) in [5.41, 5.74) is 0.225. The lowest BCUT2D eigenvalue weighted by atomic mass is 9.78. The van der Waals surface area contributed by atoms with E-state index in [2.05, 4.69) is 0 Å². The molecular formula is C16H14F2O. The molecule has 0 spiro atoms. The second-order valence-electron chi connectivity index (χ2n) is 4.95. The van der Waals surface area contributed by atoms with Crippen LogP contribution in [-0.4, -0.2) is 5.78 Å². The summed E-state index contributed by atoms with van der Waals surface area (Å²) in [4.78, 5) is 12.4. The standard InChI is InChI=1S/C16H14F2O/c1-16(2,12-6-4-3-5-7-12)15(19)11-8-9-13(17)14(18)10-11/h3-10H,1-2H3. The minimum absolute atomic E-state index is 0.174. The normalized spacial score (nSPS) is 11.4. The zero-order valence-corrected chi connectivity index (χ0v) is 10.8. The summed E-state index contributed by atoms with van der Waals surface area (Å²) in [5.74, 6) is -2.19. The Morgan fingerprint density at radius 1 is 0.947 bits per heavy atom. The fraction of sp³-hybridized carbons (Fsp3) is 0.188. The van der Waals surface area contributed by atoms with Crippen LogP contribution in [0.1, 0.15) is 29.8 Å². The monoisotopic (exact) mass is 260 g/mol. The molecule has 0 heterocycles. The second-order valence-corrected chi connectivity index (χ2v) is 4.95. The Bertz CT molecular complexity index is 603. The largest absolute Gasteiger partial charge is 0.293 e. The molecule has 0 atom stereocenters. The number of carbonyl (C=O) groups excluding carboxylic acids is 1. The van der Waals surface area contributed by atoms with Crippen molar-refractivity contribution in [3.05, 3.63) is 71.3 Å². The molecule has 98 valence electrons. The molecule has 0 saturated carbocycles. The van der Waals surface area contributed by atoms with Crippen LogP contribution in [0.2, 0.25) is 0 Å². The smallest absolute Gasteiger partial charge is 0.172 e. The van der Waals surface area contributed by atoms with E-state index in [4.69, 9.17) is 0 Å². The van der Waals surface area contributed by atoms with Crippen LogP contribution in [0, 0.1) is 11.6 Å². The number of hydrogen-bond acceptors (Lipinski definition) is 1. The van der Waals surface area contributed by atoms with Gasteiger partial charge in [-0.25, -0.2) is 8.78 Å². The maximum Gasteiger partial charge on any atom is 0.172 e. The van der Waals surface area contributed by atoms with E-state index in [-0.39, 0.29) is 11.3 Å². The minimum atomic E-state index is -1.00. The summed E-state index contributed by atoms with van der Waals surface area (Å²) in [7, 11) is 0. The first-order valence-corrected chi connectivity index (χ1v) is 5.98. The summed E-state index contributed by atoms with van der Waals surface area (Å²) in [6, 6.07) is 12.5. The third-order valence-corrected chi connectivity index (χ3v) is 3.24. The zero-order valence-electron chi connectivity index (χ0n) is 10.8. The molecule has 0 amide bonds. The van der Waals surface area contributed by atoms with Crippen LogP contribution in [0.3, 0.4) is 0 Å². The lowest BCUT2D eigenvalue weighted by molar-refractivity contribution is 0.0908. The molecule has 0 aliphatic carbocycles. The predicted molar refractivity (Wildman–Crippen MR) is 70.2 cm³/mol. The van der Waals surface area contributed by atoms with E-state index in [9.17, 15) is 13.6 Å². The molecule has 3 heteroatoms. The molecule has 0 unspecified atom stereocenters. The van der Waals surface area contributed by atoms with Gasteiger partial charge in [0.2, 0.25) is 0 Å². The Kier molecular flexibility index (Phi) is 3.47. The van der Waals surface area contributed by atoms with Crippen LogP contribution < -0.4 is 0 Å². The molecule has 0 saturated heterocycles. The quantitative estimate of drug-likeness (QED) is 0.758. The van der Waals surface area contributed by atoms with Gasteiger partial charge in [0.15, 0.2) is 17.4 Å². The molecule has 0 N–H and O–H groups in total. The number of ketones is 1. The van der Waals surface area contributed by atoms with Crippen molar-refractivity contribution >= 4 is 5.78 Å². The van der Waals surface area contributed by atoms with Crippen molar-refractivity contribution in [1.82, 2.24) is 0 Å². The van der Waals surface area contributed by atoms with E-state index >= 15 is 0 Å². The Labute approximate surface area is 110 Å². The molecule has 19 heavy (non-hydrogen) atoms. The Hall–Kier alpha value is -2.03. The Morgan fingerprint density at radius 2 is 1.58 bits per heavy atom. The highest BCUT2D eigenvalue weighted by Crippen LogP contribution is 2.28. The summed E-state index contributed by atoms with van der Waals surface area (Å²) in [6.45, 7) is 3.54. The summed E-state index contributed by atoms with van der Waals surface area (Å²) in [5, 5.41) is 0. The lowest BCUT2D eigenvalue weighted by Gasteiger charge is -2.23. The maximum atomic E-state index is 13.2. The van der Waals surface area contributed by atoms with E-state index < -0.39 is 17.0 Å². The summed E-state index contributed by atoms with van der Waals surface area (Å²) >= 11 is 0. The van der Waals surface area contributed by atoms with Gasteiger partial charge in [-0.15, -0.1) is 0 Å². The lowest BCUT2D eigenvalue weighted by Crippen LogP contribution is -2.29. The number of hydrogen-bond donors (Lipinski definition) is 0. The van der Waals surface area contributed by atoms with E-state index in [0.717, 1.165) is 17.7 Å². The average molecular weight is 260 g/mol. The second kappa shape index (κ2) is 4.92. The fourth-order valence-electron chi connectivity index (χ4n) is 1.98. The van der Waals surface area contributed by atoms with Gasteiger partial charge in [0, 0.05) is 5.56 Å². The van der Waals surface area contributed by atoms with Gasteiger partial charge < -0.3 is 0 Å². The van der Waals surface area contributed by atoms with E-state index in [0.29, 0.717) is 0 Å². The van der Waals surface area contributed by atoms with Crippen LogP contribution in [-0.2, 0) is 5.41 Å². The van der Waals surface area contributed by atoms with E-state index in [1.54, 1.807) is 13.8 Å². The molecule has 0 fully saturated rings. The first-order valence-electron chi connectivity index (χ1n) is 5.98. The van der Waals surface area contributed by atoms with Gasteiger partial charge in [-0.1, -0.05) is 30.3 Å². The molecular weight excluding hydrogens is 246 g/mol. The molecule has 2 rings (SSSR count). The first kappa shape index (κ1) is 13.4. The van der Waals surface area contributed by atoms with Crippen LogP contribution in [0.25, 0.3) is 0 Å². The highest BCUT2D eigenvalue weighted by atomic mass is 19.2. The highest BCUT2D eigenvalue weighted by molar-refractivity contribution is 6.03. The molecule has 1 nitrogen and oxygen atoms in total. The van der Waals surface area contributed by atoms with Gasteiger partial charge >= 0.3 is 0 Å². The first-order chi connectivity index (χ1) is 8.93. The van der Waals surface area contributed by atoms with Crippen molar-refractivity contribution in [1.29, 1.82) is 0 Å². The summed E-state index contributed by atoms with van der Waals surface area (Å²) < 4.78 is 26.1. The van der Waals surface area contributed by atoms with Gasteiger partial charge in [-0.05, 0) is 37.6 Å². The molecule has 0 bridgehead atoms. The number of carbonyl (C=O) groups is 1. The van der Waals surface area contributed by atoms with Gasteiger partial charge in [0.25, 0.3) is 0 Å². The third kappa shape index (κ3) is 2.55. The molecule has 0 aliphatic heterocycles. The van der Waals surface area contributed by atoms with E-state index in [1.165, 1.54) is 6.07 Å². The van der Waals surface area contributed by atoms with Gasteiger partial charge in [-0.3, -0.25) is 4.79 Å². The summed E-state index contributed by atoms with van der Waals surface area (Å²) in [6.07, 6.45) is 0. The minimum Gasteiger partial charge on any atom is -0.293 e. The zero-order chi connectivity index (χ0) is 14.0. The van der Waals surface area contributed by atoms with Gasteiger partial charge in [0.05, 0.1) is 5.41 Å². The molecule has 0 aliphatic rings.